The summed E-state index contributed by atoms with van der Waals surface area (Å²) in [6.07, 6.45) is 1.59. The molecule has 0 aliphatic carbocycles. The van der Waals surface area contributed by atoms with E-state index in [1.807, 2.05) is 0 Å². The Morgan fingerprint density at radius 3 is 2.74 bits per heavy atom. The molecule has 0 bridgehead atoms. The number of halogens is 3. The summed E-state index contributed by atoms with van der Waals surface area (Å²) in [6.45, 7) is 0.177. The summed E-state index contributed by atoms with van der Waals surface area (Å²) >= 11 is 18.6. The Morgan fingerprint density at radius 2 is 1.96 bits per heavy atom. The molecule has 0 saturated heterocycles. The molecule has 27 heavy (non-hydrogen) atoms. The number of benzene rings is 2. The van der Waals surface area contributed by atoms with E-state index in [2.05, 4.69) is 15.4 Å². The van der Waals surface area contributed by atoms with Crippen molar-refractivity contribution in [3.8, 4) is 5.75 Å². The van der Waals surface area contributed by atoms with Gasteiger partial charge in [-0.25, -0.2) is 4.68 Å². The molecule has 0 fully saturated rings. The van der Waals surface area contributed by atoms with Crippen molar-refractivity contribution in [2.24, 2.45) is 0 Å². The maximum atomic E-state index is 12.1. The fourth-order valence-electron chi connectivity index (χ4n) is 2.98. The molecule has 1 atom stereocenters. The number of anilines is 1. The molecule has 1 N–H and O–H groups in total. The van der Waals surface area contributed by atoms with Gasteiger partial charge in [0.05, 0.1) is 12.5 Å². The summed E-state index contributed by atoms with van der Waals surface area (Å²) in [6, 6.07) is 10.1. The number of amides is 1. The van der Waals surface area contributed by atoms with Crippen LogP contribution in [0.25, 0.3) is 0 Å². The van der Waals surface area contributed by atoms with Crippen LogP contribution in [-0.4, -0.2) is 20.7 Å². The lowest BCUT2D eigenvalue weighted by Gasteiger charge is -2.25. The molecule has 0 radical (unpaired) electrons. The molecule has 9 heteroatoms. The molecular weight excluding hydrogens is 411 g/mol. The summed E-state index contributed by atoms with van der Waals surface area (Å²) in [4.78, 5) is 16.1. The first-order valence-electron chi connectivity index (χ1n) is 8.07. The van der Waals surface area contributed by atoms with Crippen LogP contribution in [0.1, 0.15) is 23.6 Å². The summed E-state index contributed by atoms with van der Waals surface area (Å²) in [5, 5.41) is 8.48. The summed E-state index contributed by atoms with van der Waals surface area (Å²) in [5.74, 6) is 0.799. The zero-order chi connectivity index (χ0) is 19.0. The van der Waals surface area contributed by atoms with Crippen LogP contribution < -0.4 is 10.1 Å². The van der Waals surface area contributed by atoms with Crippen LogP contribution in [0.4, 0.5) is 5.95 Å². The van der Waals surface area contributed by atoms with Crippen LogP contribution in [0, 0.1) is 0 Å². The predicted octanol–water partition coefficient (Wildman–Crippen LogP) is 4.75. The predicted molar refractivity (Wildman–Crippen MR) is 104 cm³/mol. The number of aromatic nitrogens is 3. The van der Waals surface area contributed by atoms with Crippen molar-refractivity contribution in [3.63, 3.8) is 0 Å². The quantitative estimate of drug-likeness (QED) is 0.657. The molecule has 0 unspecified atom stereocenters. The molecular formula is C18H13Cl3N4O2. The van der Waals surface area contributed by atoms with Gasteiger partial charge in [0.15, 0.2) is 0 Å². The lowest BCUT2D eigenvalue weighted by molar-refractivity contribution is -0.117. The van der Waals surface area contributed by atoms with Crippen molar-refractivity contribution in [2.75, 3.05) is 5.32 Å². The minimum Gasteiger partial charge on any atom is -0.488 e. The smallest absolute Gasteiger partial charge is 0.229 e. The first-order chi connectivity index (χ1) is 13.0. The molecule has 2 aromatic carbocycles. The highest BCUT2D eigenvalue weighted by Crippen LogP contribution is 2.36. The normalized spacial score (nSPS) is 16.0. The van der Waals surface area contributed by atoms with Crippen LogP contribution in [0.3, 0.4) is 0 Å². The highest BCUT2D eigenvalue weighted by Gasteiger charge is 2.30. The second-order valence-electron chi connectivity index (χ2n) is 5.97. The van der Waals surface area contributed by atoms with Crippen molar-refractivity contribution in [2.45, 2.75) is 19.1 Å². The highest BCUT2D eigenvalue weighted by molar-refractivity contribution is 6.36. The topological polar surface area (TPSA) is 69.0 Å². The van der Waals surface area contributed by atoms with Gasteiger partial charge in [-0.2, -0.15) is 10.1 Å². The van der Waals surface area contributed by atoms with E-state index >= 15 is 0 Å². The van der Waals surface area contributed by atoms with Gasteiger partial charge in [-0.1, -0.05) is 40.9 Å². The van der Waals surface area contributed by atoms with Crippen LogP contribution in [-0.2, 0) is 11.4 Å². The molecule has 138 valence electrons. The minimum absolute atomic E-state index is 0.152. The number of hydrogen-bond acceptors (Lipinski definition) is 4. The number of carbonyl (C=O) groups is 1. The Balaban J connectivity index is 1.69. The van der Waals surface area contributed by atoms with Crippen molar-refractivity contribution in [1.82, 2.24) is 14.8 Å². The summed E-state index contributed by atoms with van der Waals surface area (Å²) in [7, 11) is 0. The van der Waals surface area contributed by atoms with Gasteiger partial charge in [-0.05, 0) is 30.3 Å². The van der Waals surface area contributed by atoms with Crippen molar-refractivity contribution < 1.29 is 9.53 Å². The molecule has 0 saturated carbocycles. The summed E-state index contributed by atoms with van der Waals surface area (Å²) in [5.41, 5.74) is 1.41. The second kappa shape index (κ2) is 7.38. The molecule has 1 aliphatic heterocycles. The minimum atomic E-state index is -0.383. The van der Waals surface area contributed by atoms with E-state index in [4.69, 9.17) is 39.5 Å². The molecule has 1 aliphatic rings. The Kier molecular flexibility index (Phi) is 4.95. The Labute approximate surface area is 170 Å². The molecule has 2 heterocycles. The monoisotopic (exact) mass is 422 g/mol. The van der Waals surface area contributed by atoms with Crippen molar-refractivity contribution >= 4 is 46.7 Å². The Morgan fingerprint density at radius 1 is 1.19 bits per heavy atom. The molecule has 4 rings (SSSR count). The van der Waals surface area contributed by atoms with Crippen LogP contribution in [0.5, 0.6) is 5.75 Å². The Bertz CT molecular complexity index is 1000. The number of ether oxygens (including phenoxy) is 1. The summed E-state index contributed by atoms with van der Waals surface area (Å²) < 4.78 is 7.64. The third kappa shape index (κ3) is 3.60. The number of nitrogens with one attached hydrogen (secondary N) is 1. The van der Waals surface area contributed by atoms with Crippen molar-refractivity contribution in [3.05, 3.63) is 68.9 Å². The van der Waals surface area contributed by atoms with Gasteiger partial charge in [-0.15, -0.1) is 0 Å². The van der Waals surface area contributed by atoms with Crippen LogP contribution in [0.15, 0.2) is 42.7 Å². The first-order valence-corrected chi connectivity index (χ1v) is 9.21. The van der Waals surface area contributed by atoms with Gasteiger partial charge < -0.3 is 4.74 Å². The number of rotatable bonds is 4. The van der Waals surface area contributed by atoms with Gasteiger partial charge in [0, 0.05) is 26.2 Å². The zero-order valence-electron chi connectivity index (χ0n) is 13.8. The van der Waals surface area contributed by atoms with Crippen molar-refractivity contribution in [1.29, 1.82) is 0 Å². The average Bonchev–Trinajstić information content (AvgIpc) is 3.10. The number of nitrogens with zero attached hydrogens (tertiary/aromatic N) is 3. The third-order valence-electron chi connectivity index (χ3n) is 4.26. The van der Waals surface area contributed by atoms with E-state index < -0.39 is 0 Å². The third-order valence-corrected chi connectivity index (χ3v) is 5.21. The van der Waals surface area contributed by atoms with Gasteiger partial charge >= 0.3 is 0 Å². The van der Waals surface area contributed by atoms with E-state index in [9.17, 15) is 4.79 Å². The van der Waals surface area contributed by atoms with E-state index in [1.165, 1.54) is 6.33 Å². The Hall–Kier alpha value is -2.28. The van der Waals surface area contributed by atoms with Gasteiger partial charge in [0.1, 0.15) is 18.7 Å². The maximum Gasteiger partial charge on any atom is 0.229 e. The lowest BCUT2D eigenvalue weighted by Crippen LogP contribution is -2.29. The van der Waals surface area contributed by atoms with E-state index in [0.717, 1.165) is 5.56 Å². The average molecular weight is 424 g/mol. The molecule has 0 spiro atoms. The largest absolute Gasteiger partial charge is 0.488 e. The van der Waals surface area contributed by atoms with E-state index in [-0.39, 0.29) is 25.0 Å². The second-order valence-corrected chi connectivity index (χ2v) is 7.22. The van der Waals surface area contributed by atoms with Crippen LogP contribution >= 0.6 is 34.8 Å². The van der Waals surface area contributed by atoms with Crippen LogP contribution in [0.2, 0.25) is 15.1 Å². The molecule has 6 nitrogen and oxygen atoms in total. The first kappa shape index (κ1) is 18.1. The molecule has 1 amide bonds. The van der Waals surface area contributed by atoms with Gasteiger partial charge in [0.2, 0.25) is 11.9 Å². The van der Waals surface area contributed by atoms with E-state index in [1.54, 1.807) is 41.1 Å². The van der Waals surface area contributed by atoms with Gasteiger partial charge in [0.25, 0.3) is 0 Å². The standard InChI is InChI=1S/C18H13Cl3N4O2/c19-10-4-5-16(27-8-12-13(20)2-1-3-14(12)21)11(6-10)15-7-17(26)24-18-22-9-23-25(15)18/h1-6,9,15H,7-8H2,(H,22,23,24,26)/t15-/m0/s1. The number of hydrogen-bond donors (Lipinski definition) is 1. The molecule has 3 aromatic rings. The zero-order valence-corrected chi connectivity index (χ0v) is 16.1. The fraction of sp³-hybridized carbons (Fsp3) is 0.167. The number of fused-ring (bicyclic) bond motifs is 1. The van der Waals surface area contributed by atoms with E-state index in [0.29, 0.717) is 32.3 Å². The lowest BCUT2D eigenvalue weighted by atomic mass is 10.0. The number of carbonyl (C=O) groups excluding carboxylic acids is 1. The van der Waals surface area contributed by atoms with Gasteiger partial charge in [-0.3, -0.25) is 10.1 Å². The molecule has 1 aromatic heterocycles. The fourth-order valence-corrected chi connectivity index (χ4v) is 3.67. The SMILES string of the molecule is O=C1C[C@@H](c2cc(Cl)ccc2OCc2c(Cl)cccc2Cl)n2ncnc2N1. The maximum absolute atomic E-state index is 12.1. The highest BCUT2D eigenvalue weighted by atomic mass is 35.5.